The number of aryl methyl sites for hydroxylation is 1. The lowest BCUT2D eigenvalue weighted by atomic mass is 9.81. The van der Waals surface area contributed by atoms with Gasteiger partial charge in [0.1, 0.15) is 22.7 Å². The summed E-state index contributed by atoms with van der Waals surface area (Å²) in [4.78, 5) is 46.2. The van der Waals surface area contributed by atoms with E-state index >= 15 is 0 Å². The van der Waals surface area contributed by atoms with Crippen LogP contribution in [0.5, 0.6) is 0 Å². The molecule has 0 saturated heterocycles. The van der Waals surface area contributed by atoms with Crippen molar-refractivity contribution in [2.24, 2.45) is 5.41 Å². The molecule has 0 radical (unpaired) electrons. The smallest absolute Gasteiger partial charge is 0.277 e. The number of hydrogen-bond donors (Lipinski definition) is 3. The molecule has 0 saturated carbocycles. The predicted octanol–water partition coefficient (Wildman–Crippen LogP) is 1.59. The molecule has 4 heterocycles. The first kappa shape index (κ1) is 17.3. The van der Waals surface area contributed by atoms with Crippen LogP contribution in [0.25, 0.3) is 21.8 Å². The van der Waals surface area contributed by atoms with Crippen LogP contribution in [0.2, 0.25) is 0 Å². The van der Waals surface area contributed by atoms with Crippen LogP contribution in [0.1, 0.15) is 43.7 Å². The van der Waals surface area contributed by atoms with Crippen LogP contribution in [-0.4, -0.2) is 20.4 Å². The predicted molar refractivity (Wildman–Crippen MR) is 104 cm³/mol. The molecule has 4 N–H and O–H groups in total. The molecule has 8 nitrogen and oxygen atoms in total. The molecule has 4 rings (SSSR count). The number of H-pyrrole nitrogens is 1. The van der Waals surface area contributed by atoms with Crippen molar-refractivity contribution in [3.8, 4) is 0 Å². The summed E-state index contributed by atoms with van der Waals surface area (Å²) in [6.45, 7) is 9.35. The summed E-state index contributed by atoms with van der Waals surface area (Å²) >= 11 is 0. The number of nitrogens with one attached hydrogen (secondary N) is 2. The Labute approximate surface area is 154 Å². The summed E-state index contributed by atoms with van der Waals surface area (Å²) in [5, 5.41) is 3.47. The first-order valence-corrected chi connectivity index (χ1v) is 8.67. The lowest BCUT2D eigenvalue weighted by Crippen LogP contribution is -2.54. The number of carbonyl (C=O) groups is 1. The number of rotatable bonds is 0. The molecule has 27 heavy (non-hydrogen) atoms. The Morgan fingerprint density at radius 1 is 1.22 bits per heavy atom. The molecule has 0 fully saturated rings. The second-order valence-corrected chi connectivity index (χ2v) is 8.25. The van der Waals surface area contributed by atoms with Crippen LogP contribution in [0.4, 0.5) is 5.82 Å². The normalized spacial score (nSPS) is 19.5. The van der Waals surface area contributed by atoms with E-state index < -0.39 is 16.6 Å². The van der Waals surface area contributed by atoms with Crippen LogP contribution in [0.3, 0.4) is 0 Å². The first-order valence-electron chi connectivity index (χ1n) is 8.67. The number of nitrogen functional groups attached to an aromatic ring is 1. The SMILES string of the molecule is Cc1c2n(c(=O)c3[nH]c4cc(N)ncc4c(=O)c13)C(C)(C(C)(C)C)NC2=O. The summed E-state index contributed by atoms with van der Waals surface area (Å²) in [5.74, 6) is -0.120. The standard InChI is InChI=1S/C19H21N5O3/c1-8-12-13(22-10-6-11(20)21-7-9(10)15(12)25)17(27)24-14(8)16(26)23-19(24,5)18(2,3)4/h6-7H,1-5H3,(H2,20,21)(H,22,25)(H,23,26). The van der Waals surface area contributed by atoms with E-state index in [0.29, 0.717) is 16.5 Å². The average Bonchev–Trinajstić information content (AvgIpc) is 2.84. The van der Waals surface area contributed by atoms with Gasteiger partial charge >= 0.3 is 0 Å². The molecule has 1 aliphatic heterocycles. The first-order chi connectivity index (χ1) is 12.5. The van der Waals surface area contributed by atoms with Gasteiger partial charge in [-0.2, -0.15) is 0 Å². The number of amides is 1. The number of aromatic amines is 1. The molecule has 1 atom stereocenters. The minimum atomic E-state index is -0.932. The van der Waals surface area contributed by atoms with Gasteiger partial charge in [-0.25, -0.2) is 4.98 Å². The molecule has 0 bridgehead atoms. The monoisotopic (exact) mass is 367 g/mol. The van der Waals surface area contributed by atoms with E-state index in [1.54, 1.807) is 6.92 Å². The number of fused-ring (bicyclic) bond motifs is 3. The summed E-state index contributed by atoms with van der Waals surface area (Å²) in [7, 11) is 0. The Morgan fingerprint density at radius 2 is 1.89 bits per heavy atom. The lowest BCUT2D eigenvalue weighted by Gasteiger charge is -2.39. The van der Waals surface area contributed by atoms with Gasteiger partial charge in [-0.3, -0.25) is 19.0 Å². The van der Waals surface area contributed by atoms with Gasteiger partial charge < -0.3 is 16.0 Å². The van der Waals surface area contributed by atoms with Gasteiger partial charge in [-0.05, 0) is 19.4 Å². The number of pyridine rings is 3. The Bertz CT molecular complexity index is 1280. The Morgan fingerprint density at radius 3 is 2.52 bits per heavy atom. The summed E-state index contributed by atoms with van der Waals surface area (Å²) in [6, 6.07) is 1.52. The Hall–Kier alpha value is -3.16. The van der Waals surface area contributed by atoms with Gasteiger partial charge in [-0.15, -0.1) is 0 Å². The van der Waals surface area contributed by atoms with E-state index in [2.05, 4.69) is 15.3 Å². The van der Waals surface area contributed by atoms with E-state index in [1.165, 1.54) is 16.8 Å². The van der Waals surface area contributed by atoms with Crippen molar-refractivity contribution in [2.45, 2.75) is 40.3 Å². The van der Waals surface area contributed by atoms with Crippen molar-refractivity contribution in [1.29, 1.82) is 0 Å². The second kappa shape index (κ2) is 4.97. The molecule has 1 amide bonds. The van der Waals surface area contributed by atoms with Gasteiger partial charge in [-0.1, -0.05) is 20.8 Å². The molecular formula is C19H21N5O3. The fourth-order valence-corrected chi connectivity index (χ4v) is 3.78. The van der Waals surface area contributed by atoms with E-state index in [-0.39, 0.29) is 33.8 Å². The number of carbonyl (C=O) groups excluding carboxylic acids is 1. The van der Waals surface area contributed by atoms with Crippen molar-refractivity contribution >= 4 is 33.5 Å². The van der Waals surface area contributed by atoms with E-state index in [9.17, 15) is 14.4 Å². The third-order valence-corrected chi connectivity index (χ3v) is 5.76. The van der Waals surface area contributed by atoms with Gasteiger partial charge in [0.15, 0.2) is 5.43 Å². The molecular weight excluding hydrogens is 346 g/mol. The summed E-state index contributed by atoms with van der Waals surface area (Å²) in [5.41, 5.74) is 4.87. The average molecular weight is 367 g/mol. The molecule has 3 aromatic heterocycles. The maximum Gasteiger partial charge on any atom is 0.277 e. The van der Waals surface area contributed by atoms with Crippen LogP contribution in [-0.2, 0) is 5.66 Å². The van der Waals surface area contributed by atoms with Crippen LogP contribution in [0, 0.1) is 12.3 Å². The van der Waals surface area contributed by atoms with E-state index in [4.69, 9.17) is 5.73 Å². The lowest BCUT2D eigenvalue weighted by molar-refractivity contribution is 0.0722. The third kappa shape index (κ3) is 2.03. The fraction of sp³-hybridized carbons (Fsp3) is 0.368. The highest BCUT2D eigenvalue weighted by atomic mass is 16.2. The Kier molecular flexibility index (Phi) is 3.17. The highest BCUT2D eigenvalue weighted by Gasteiger charge is 2.49. The zero-order chi connectivity index (χ0) is 19.9. The van der Waals surface area contributed by atoms with Gasteiger partial charge in [0.2, 0.25) is 0 Å². The molecule has 3 aromatic rings. The number of aromatic nitrogens is 3. The largest absolute Gasteiger partial charge is 0.384 e. The van der Waals surface area contributed by atoms with Crippen molar-refractivity contribution in [1.82, 2.24) is 19.9 Å². The zero-order valence-electron chi connectivity index (χ0n) is 15.9. The number of nitrogens with two attached hydrogens (primary N) is 1. The molecule has 1 aliphatic rings. The quantitative estimate of drug-likeness (QED) is 0.521. The molecule has 140 valence electrons. The topological polar surface area (TPSA) is 123 Å². The minimum Gasteiger partial charge on any atom is -0.384 e. The van der Waals surface area contributed by atoms with Gasteiger partial charge in [0.05, 0.1) is 16.3 Å². The summed E-state index contributed by atoms with van der Waals surface area (Å²) in [6.07, 6.45) is 1.38. The molecule has 0 aromatic carbocycles. The maximum absolute atomic E-state index is 13.4. The van der Waals surface area contributed by atoms with Crippen LogP contribution >= 0.6 is 0 Å². The number of hydrogen-bond acceptors (Lipinski definition) is 5. The highest BCUT2D eigenvalue weighted by Crippen LogP contribution is 2.39. The molecule has 1 unspecified atom stereocenters. The Balaban J connectivity index is 2.28. The van der Waals surface area contributed by atoms with Gasteiger partial charge in [0, 0.05) is 17.7 Å². The fourth-order valence-electron chi connectivity index (χ4n) is 3.78. The number of anilines is 1. The van der Waals surface area contributed by atoms with Crippen LogP contribution < -0.4 is 22.0 Å². The highest BCUT2D eigenvalue weighted by molar-refractivity contribution is 6.03. The van der Waals surface area contributed by atoms with E-state index in [1.807, 2.05) is 27.7 Å². The van der Waals surface area contributed by atoms with Crippen molar-refractivity contribution in [2.75, 3.05) is 5.73 Å². The molecule has 0 aliphatic carbocycles. The van der Waals surface area contributed by atoms with Crippen molar-refractivity contribution < 1.29 is 4.79 Å². The number of nitrogens with zero attached hydrogens (tertiary/aromatic N) is 2. The van der Waals surface area contributed by atoms with Crippen molar-refractivity contribution in [3.05, 3.63) is 44.1 Å². The van der Waals surface area contributed by atoms with Crippen molar-refractivity contribution in [3.63, 3.8) is 0 Å². The summed E-state index contributed by atoms with van der Waals surface area (Å²) < 4.78 is 1.47. The molecule has 8 heteroatoms. The second-order valence-electron chi connectivity index (χ2n) is 8.25. The maximum atomic E-state index is 13.4. The zero-order valence-corrected chi connectivity index (χ0v) is 15.9. The minimum absolute atomic E-state index is 0.159. The van der Waals surface area contributed by atoms with E-state index in [0.717, 1.165) is 0 Å². The van der Waals surface area contributed by atoms with Crippen LogP contribution in [0.15, 0.2) is 21.9 Å². The molecule has 0 spiro atoms. The van der Waals surface area contributed by atoms with Gasteiger partial charge in [0.25, 0.3) is 11.5 Å². The third-order valence-electron chi connectivity index (χ3n) is 5.76.